The largest absolute Gasteiger partial charge is 0.352 e. The number of rotatable bonds is 7. The maximum absolute atomic E-state index is 13.7. The summed E-state index contributed by atoms with van der Waals surface area (Å²) < 4.78 is 1.88. The molecular weight excluding hydrogens is 512 g/mol. The molecule has 1 aliphatic rings. The molecule has 0 radical (unpaired) electrons. The first-order chi connectivity index (χ1) is 18.4. The quantitative estimate of drug-likeness (QED) is 0.296. The highest BCUT2D eigenvalue weighted by Crippen LogP contribution is 2.49. The molecule has 0 aliphatic carbocycles. The molecule has 5 rings (SSSR count). The monoisotopic (exact) mass is 544 g/mol. The summed E-state index contributed by atoms with van der Waals surface area (Å²) in [5.41, 5.74) is 5.87. The van der Waals surface area contributed by atoms with Crippen molar-refractivity contribution >= 4 is 40.7 Å². The molecule has 0 spiro atoms. The van der Waals surface area contributed by atoms with Crippen LogP contribution in [0.1, 0.15) is 47.1 Å². The molecule has 0 saturated carbocycles. The molecule has 3 heterocycles. The van der Waals surface area contributed by atoms with Crippen LogP contribution in [0, 0.1) is 13.8 Å². The molecule has 4 aromatic rings. The Kier molecular flexibility index (Phi) is 7.72. The highest BCUT2D eigenvalue weighted by molar-refractivity contribution is 8.00. The molecule has 2 aromatic carbocycles. The standard InChI is InChI=1S/C30H32N4O2S2/c1-5-21(4)31-25(35)17-33-26(36)18-38-29(24-12-9-15-37-24)27-28(22-10-7-6-8-11-22)32-34(30(27)33)23-14-13-19(2)16-20(23)3/h6-16,21,29H,5,17-18H2,1-4H3,(H,31,35). The minimum atomic E-state index is -0.173. The molecule has 8 heteroatoms. The third-order valence-corrected chi connectivity index (χ3v) is 9.16. The number of benzene rings is 2. The molecule has 2 aromatic heterocycles. The van der Waals surface area contributed by atoms with Gasteiger partial charge in [-0.25, -0.2) is 4.68 Å². The number of carbonyl (C=O) groups is 2. The number of anilines is 1. The summed E-state index contributed by atoms with van der Waals surface area (Å²) in [7, 11) is 0. The fourth-order valence-corrected chi connectivity index (χ4v) is 6.95. The van der Waals surface area contributed by atoms with Crippen LogP contribution in [0.15, 0.2) is 66.0 Å². The molecule has 6 nitrogen and oxygen atoms in total. The number of thiophene rings is 1. The van der Waals surface area contributed by atoms with E-state index in [0.717, 1.165) is 44.9 Å². The number of hydrogen-bond donors (Lipinski definition) is 1. The van der Waals surface area contributed by atoms with Crippen molar-refractivity contribution in [1.82, 2.24) is 15.1 Å². The average molecular weight is 545 g/mol. The first-order valence-corrected chi connectivity index (χ1v) is 14.8. The Morgan fingerprint density at radius 3 is 2.61 bits per heavy atom. The topological polar surface area (TPSA) is 67.2 Å². The maximum Gasteiger partial charge on any atom is 0.240 e. The Morgan fingerprint density at radius 2 is 1.92 bits per heavy atom. The summed E-state index contributed by atoms with van der Waals surface area (Å²) in [4.78, 5) is 29.7. The van der Waals surface area contributed by atoms with E-state index >= 15 is 0 Å². The van der Waals surface area contributed by atoms with E-state index in [4.69, 9.17) is 5.10 Å². The zero-order valence-electron chi connectivity index (χ0n) is 22.1. The lowest BCUT2D eigenvalue weighted by atomic mass is 10.0. The van der Waals surface area contributed by atoms with Crippen LogP contribution in [0.2, 0.25) is 0 Å². The van der Waals surface area contributed by atoms with Gasteiger partial charge in [-0.15, -0.1) is 23.1 Å². The Morgan fingerprint density at radius 1 is 1.13 bits per heavy atom. The van der Waals surface area contributed by atoms with Gasteiger partial charge in [0, 0.05) is 22.0 Å². The van der Waals surface area contributed by atoms with E-state index in [-0.39, 0.29) is 35.4 Å². The van der Waals surface area contributed by atoms with Gasteiger partial charge in [0.2, 0.25) is 11.8 Å². The summed E-state index contributed by atoms with van der Waals surface area (Å²) in [6.07, 6.45) is 0.819. The lowest BCUT2D eigenvalue weighted by molar-refractivity contribution is -0.123. The minimum absolute atomic E-state index is 0.0291. The predicted molar refractivity (Wildman–Crippen MR) is 157 cm³/mol. The fraction of sp³-hybridized carbons (Fsp3) is 0.300. The van der Waals surface area contributed by atoms with Crippen molar-refractivity contribution < 1.29 is 9.59 Å². The van der Waals surface area contributed by atoms with Gasteiger partial charge in [0.15, 0.2) is 0 Å². The van der Waals surface area contributed by atoms with Crippen molar-refractivity contribution in [2.24, 2.45) is 0 Å². The molecule has 196 valence electrons. The van der Waals surface area contributed by atoms with E-state index in [1.54, 1.807) is 28.0 Å². The van der Waals surface area contributed by atoms with E-state index in [2.05, 4.69) is 54.9 Å². The van der Waals surface area contributed by atoms with Crippen LogP contribution in [0.25, 0.3) is 16.9 Å². The summed E-state index contributed by atoms with van der Waals surface area (Å²) in [6.45, 7) is 8.07. The van der Waals surface area contributed by atoms with E-state index in [0.29, 0.717) is 5.82 Å². The highest BCUT2D eigenvalue weighted by Gasteiger charge is 2.38. The van der Waals surface area contributed by atoms with E-state index in [1.165, 1.54) is 0 Å². The second-order valence-corrected chi connectivity index (χ2v) is 11.8. The van der Waals surface area contributed by atoms with Crippen molar-refractivity contribution in [3.05, 3.63) is 87.6 Å². The van der Waals surface area contributed by atoms with Crippen molar-refractivity contribution in [2.45, 2.75) is 45.4 Å². The molecule has 0 bridgehead atoms. The molecule has 1 N–H and O–H groups in total. The van der Waals surface area contributed by atoms with E-state index < -0.39 is 0 Å². The molecule has 2 unspecified atom stereocenters. The van der Waals surface area contributed by atoms with Crippen LogP contribution in [-0.4, -0.2) is 39.9 Å². The second kappa shape index (κ2) is 11.2. The molecule has 1 aliphatic heterocycles. The van der Waals surface area contributed by atoms with Gasteiger partial charge in [-0.05, 0) is 50.3 Å². The van der Waals surface area contributed by atoms with Crippen LogP contribution >= 0.6 is 23.1 Å². The third-order valence-electron chi connectivity index (χ3n) is 6.84. The van der Waals surface area contributed by atoms with Gasteiger partial charge in [0.05, 0.1) is 22.4 Å². The second-order valence-electron chi connectivity index (χ2n) is 9.72. The van der Waals surface area contributed by atoms with E-state index in [1.807, 2.05) is 48.9 Å². The van der Waals surface area contributed by atoms with Crippen LogP contribution in [0.3, 0.4) is 0 Å². The zero-order valence-corrected chi connectivity index (χ0v) is 23.7. The summed E-state index contributed by atoms with van der Waals surface area (Å²) in [5.74, 6) is 0.672. The molecule has 2 atom stereocenters. The minimum Gasteiger partial charge on any atom is -0.352 e. The number of aryl methyl sites for hydroxylation is 2. The average Bonchev–Trinajstić information content (AvgIpc) is 3.54. The number of nitrogens with one attached hydrogen (secondary N) is 1. The Bertz CT molecular complexity index is 1450. The van der Waals surface area contributed by atoms with Crippen LogP contribution in [0.5, 0.6) is 0 Å². The van der Waals surface area contributed by atoms with Gasteiger partial charge in [-0.1, -0.05) is 61.0 Å². The Labute approximate surface area is 232 Å². The van der Waals surface area contributed by atoms with Gasteiger partial charge >= 0.3 is 0 Å². The first-order valence-electron chi connectivity index (χ1n) is 12.9. The van der Waals surface area contributed by atoms with Crippen molar-refractivity contribution in [1.29, 1.82) is 0 Å². The number of thioether (sulfide) groups is 1. The molecule has 0 fully saturated rings. The lowest BCUT2D eigenvalue weighted by Crippen LogP contribution is -2.44. The van der Waals surface area contributed by atoms with Crippen molar-refractivity contribution in [3.63, 3.8) is 0 Å². The number of amides is 2. The Hall–Kier alpha value is -3.36. The van der Waals surface area contributed by atoms with Gasteiger partial charge < -0.3 is 5.32 Å². The summed E-state index contributed by atoms with van der Waals surface area (Å²) >= 11 is 3.28. The Balaban J connectivity index is 1.78. The number of hydrogen-bond acceptors (Lipinski definition) is 5. The highest BCUT2D eigenvalue weighted by atomic mass is 32.2. The molecular formula is C30H32N4O2S2. The van der Waals surface area contributed by atoms with E-state index in [9.17, 15) is 9.59 Å². The zero-order chi connectivity index (χ0) is 26.8. The smallest absolute Gasteiger partial charge is 0.240 e. The number of carbonyl (C=O) groups excluding carboxylic acids is 2. The van der Waals surface area contributed by atoms with Crippen LogP contribution < -0.4 is 10.2 Å². The van der Waals surface area contributed by atoms with Crippen molar-refractivity contribution in [2.75, 3.05) is 17.2 Å². The SMILES string of the molecule is CCC(C)NC(=O)CN1C(=O)CSC(c2cccs2)c2c(-c3ccccc3)nn(-c3ccc(C)cc3C)c21. The summed E-state index contributed by atoms with van der Waals surface area (Å²) in [6, 6.07) is 20.5. The number of nitrogens with zero attached hydrogens (tertiary/aromatic N) is 3. The first kappa shape index (κ1) is 26.3. The van der Waals surface area contributed by atoms with Crippen molar-refractivity contribution in [3.8, 4) is 16.9 Å². The summed E-state index contributed by atoms with van der Waals surface area (Å²) in [5, 5.41) is 10.2. The number of aromatic nitrogens is 2. The molecule has 0 saturated heterocycles. The van der Waals surface area contributed by atoms with Gasteiger partial charge in [0.25, 0.3) is 0 Å². The third kappa shape index (κ3) is 5.15. The van der Waals surface area contributed by atoms with Crippen LogP contribution in [-0.2, 0) is 9.59 Å². The van der Waals surface area contributed by atoms with Gasteiger partial charge in [0.1, 0.15) is 12.4 Å². The normalized spacial score (nSPS) is 16.2. The van der Waals surface area contributed by atoms with Crippen LogP contribution in [0.4, 0.5) is 5.82 Å². The maximum atomic E-state index is 13.7. The van der Waals surface area contributed by atoms with Gasteiger partial charge in [-0.2, -0.15) is 5.10 Å². The van der Waals surface area contributed by atoms with Gasteiger partial charge in [-0.3, -0.25) is 14.5 Å². The lowest BCUT2D eigenvalue weighted by Gasteiger charge is -2.24. The predicted octanol–water partition coefficient (Wildman–Crippen LogP) is 6.30. The fourth-order valence-electron chi connectivity index (χ4n) is 4.77. The molecule has 2 amide bonds. The number of fused-ring (bicyclic) bond motifs is 1. The molecule has 38 heavy (non-hydrogen) atoms.